The second kappa shape index (κ2) is 5.35. The minimum atomic E-state index is 0.0279. The van der Waals surface area contributed by atoms with Gasteiger partial charge in [-0.25, -0.2) is 4.98 Å². The summed E-state index contributed by atoms with van der Waals surface area (Å²) in [6, 6.07) is 10.3. The normalized spacial score (nSPS) is 14.9. The van der Waals surface area contributed by atoms with Crippen molar-refractivity contribution < 1.29 is 0 Å². The number of hydrogen-bond donors (Lipinski definition) is 0. The second-order valence-electron chi connectivity index (χ2n) is 5.59. The van der Waals surface area contributed by atoms with E-state index in [1.165, 1.54) is 5.56 Å². The first-order valence-electron chi connectivity index (χ1n) is 7.42. The Morgan fingerprint density at radius 3 is 2.91 bits per heavy atom. The van der Waals surface area contributed by atoms with Crippen LogP contribution < -0.4 is 5.56 Å². The van der Waals surface area contributed by atoms with Crippen LogP contribution >= 0.6 is 0 Å². The molecule has 110 valence electrons. The van der Waals surface area contributed by atoms with E-state index < -0.39 is 0 Å². The van der Waals surface area contributed by atoms with Gasteiger partial charge < -0.3 is 0 Å². The van der Waals surface area contributed by atoms with E-state index in [-0.39, 0.29) is 5.56 Å². The largest absolute Gasteiger partial charge is 0.294 e. The zero-order valence-electron chi connectivity index (χ0n) is 12.1. The number of aromatic nitrogens is 3. The van der Waals surface area contributed by atoms with E-state index >= 15 is 0 Å². The van der Waals surface area contributed by atoms with Gasteiger partial charge in [0, 0.05) is 38.4 Å². The summed E-state index contributed by atoms with van der Waals surface area (Å²) in [7, 11) is 0. The maximum Gasteiger partial charge on any atom is 0.262 e. The Labute approximate surface area is 127 Å². The highest BCUT2D eigenvalue weighted by Gasteiger charge is 2.21. The Balaban J connectivity index is 1.68. The maximum atomic E-state index is 12.6. The molecule has 5 heteroatoms. The highest BCUT2D eigenvalue weighted by Crippen LogP contribution is 2.17. The van der Waals surface area contributed by atoms with Crippen molar-refractivity contribution in [3.63, 3.8) is 0 Å². The fourth-order valence-electron chi connectivity index (χ4n) is 2.99. The van der Waals surface area contributed by atoms with Crippen LogP contribution in [0.15, 0.2) is 53.7 Å². The summed E-state index contributed by atoms with van der Waals surface area (Å²) >= 11 is 0. The van der Waals surface area contributed by atoms with E-state index in [0.717, 1.165) is 30.8 Å². The molecule has 5 nitrogen and oxygen atoms in total. The first kappa shape index (κ1) is 13.2. The molecule has 0 aliphatic carbocycles. The molecule has 0 saturated heterocycles. The van der Waals surface area contributed by atoms with E-state index in [0.29, 0.717) is 12.2 Å². The second-order valence-corrected chi connectivity index (χ2v) is 5.59. The number of benzene rings is 1. The van der Waals surface area contributed by atoms with Crippen LogP contribution in [0.5, 0.6) is 0 Å². The molecular formula is C17H16N4O. The fraction of sp³-hybridized carbons (Fsp3) is 0.235. The summed E-state index contributed by atoms with van der Waals surface area (Å²) in [4.78, 5) is 23.6. The minimum Gasteiger partial charge on any atom is -0.294 e. The molecule has 1 aliphatic rings. The Bertz CT molecular complexity index is 873. The van der Waals surface area contributed by atoms with Gasteiger partial charge in [0.25, 0.3) is 5.56 Å². The molecule has 0 amide bonds. The molecule has 0 saturated carbocycles. The summed E-state index contributed by atoms with van der Waals surface area (Å²) in [5, 5.41) is 0. The average Bonchev–Trinajstić information content (AvgIpc) is 2.57. The van der Waals surface area contributed by atoms with Crippen molar-refractivity contribution in [3.05, 3.63) is 76.1 Å². The van der Waals surface area contributed by atoms with Gasteiger partial charge in [0.1, 0.15) is 0 Å². The zero-order valence-corrected chi connectivity index (χ0v) is 12.1. The molecule has 0 bridgehead atoms. The third-order valence-electron chi connectivity index (χ3n) is 4.11. The molecule has 0 N–H and O–H groups in total. The summed E-state index contributed by atoms with van der Waals surface area (Å²) in [5.74, 6) is 0. The molecule has 0 fully saturated rings. The minimum absolute atomic E-state index is 0.0279. The Morgan fingerprint density at radius 1 is 1.18 bits per heavy atom. The van der Waals surface area contributed by atoms with Gasteiger partial charge in [-0.2, -0.15) is 0 Å². The van der Waals surface area contributed by atoms with Crippen LogP contribution in [-0.4, -0.2) is 25.8 Å². The smallest absolute Gasteiger partial charge is 0.262 e. The predicted molar refractivity (Wildman–Crippen MR) is 83.5 cm³/mol. The highest BCUT2D eigenvalue weighted by molar-refractivity contribution is 5.38. The topological polar surface area (TPSA) is 50.5 Å². The summed E-state index contributed by atoms with van der Waals surface area (Å²) in [6.45, 7) is 2.44. The van der Waals surface area contributed by atoms with Crippen LogP contribution in [0.3, 0.4) is 0 Å². The Kier molecular flexibility index (Phi) is 3.20. The molecule has 0 radical (unpaired) electrons. The van der Waals surface area contributed by atoms with Crippen LogP contribution in [-0.2, 0) is 19.5 Å². The molecular weight excluding hydrogens is 276 g/mol. The Hall–Kier alpha value is -2.53. The van der Waals surface area contributed by atoms with Gasteiger partial charge in [-0.3, -0.25) is 19.1 Å². The number of fused-ring (bicyclic) bond motifs is 2. The van der Waals surface area contributed by atoms with E-state index in [1.54, 1.807) is 23.0 Å². The summed E-state index contributed by atoms with van der Waals surface area (Å²) in [6.07, 6.45) is 5.74. The maximum absolute atomic E-state index is 12.6. The molecule has 2 aromatic heterocycles. The highest BCUT2D eigenvalue weighted by atomic mass is 16.1. The molecule has 1 aromatic carbocycles. The molecule has 22 heavy (non-hydrogen) atoms. The van der Waals surface area contributed by atoms with Gasteiger partial charge >= 0.3 is 0 Å². The van der Waals surface area contributed by atoms with Crippen molar-refractivity contribution >= 4 is 5.65 Å². The fourth-order valence-corrected chi connectivity index (χ4v) is 2.99. The number of hydrogen-bond acceptors (Lipinski definition) is 4. The van der Waals surface area contributed by atoms with Crippen molar-refractivity contribution in [2.75, 3.05) is 6.54 Å². The first-order valence-corrected chi connectivity index (χ1v) is 7.42. The lowest BCUT2D eigenvalue weighted by atomic mass is 10.1. The number of nitrogens with zero attached hydrogens (tertiary/aromatic N) is 4. The van der Waals surface area contributed by atoms with Crippen LogP contribution in [0.4, 0.5) is 0 Å². The SMILES string of the molecule is O=c1c2c(nc3cnccn13)CCN(Cc1ccccc1)C2. The monoisotopic (exact) mass is 292 g/mol. The third kappa shape index (κ3) is 2.29. The molecule has 0 unspecified atom stereocenters. The molecule has 0 spiro atoms. The zero-order chi connectivity index (χ0) is 14.9. The van der Waals surface area contributed by atoms with Gasteiger partial charge in [-0.1, -0.05) is 30.3 Å². The molecule has 3 aromatic rings. The van der Waals surface area contributed by atoms with E-state index in [4.69, 9.17) is 0 Å². The van der Waals surface area contributed by atoms with Gasteiger partial charge in [0.05, 0.1) is 17.5 Å². The van der Waals surface area contributed by atoms with Gasteiger partial charge in [-0.15, -0.1) is 0 Å². The van der Waals surface area contributed by atoms with E-state index in [1.807, 2.05) is 18.2 Å². The average molecular weight is 292 g/mol. The first-order chi connectivity index (χ1) is 10.8. The van der Waals surface area contributed by atoms with Crippen molar-refractivity contribution in [3.8, 4) is 0 Å². The van der Waals surface area contributed by atoms with Crippen molar-refractivity contribution in [1.82, 2.24) is 19.3 Å². The van der Waals surface area contributed by atoms with E-state index in [2.05, 4.69) is 27.0 Å². The molecule has 4 rings (SSSR count). The molecule has 0 atom stereocenters. The van der Waals surface area contributed by atoms with Crippen LogP contribution in [0.25, 0.3) is 5.65 Å². The van der Waals surface area contributed by atoms with Gasteiger partial charge in [0.15, 0.2) is 5.65 Å². The number of rotatable bonds is 2. The quantitative estimate of drug-likeness (QED) is 0.720. The van der Waals surface area contributed by atoms with Crippen molar-refractivity contribution in [2.24, 2.45) is 0 Å². The third-order valence-corrected chi connectivity index (χ3v) is 4.11. The standard InChI is InChI=1S/C17H16N4O/c22-17-14-12-20(11-13-4-2-1-3-5-13)8-6-15(14)19-16-10-18-7-9-21(16)17/h1-5,7,9-10H,6,8,11-12H2. The Morgan fingerprint density at radius 2 is 2.05 bits per heavy atom. The summed E-state index contributed by atoms with van der Waals surface area (Å²) in [5.41, 5.74) is 3.65. The van der Waals surface area contributed by atoms with Crippen molar-refractivity contribution in [1.29, 1.82) is 0 Å². The molecule has 1 aliphatic heterocycles. The van der Waals surface area contributed by atoms with E-state index in [9.17, 15) is 4.79 Å². The lowest BCUT2D eigenvalue weighted by Crippen LogP contribution is -2.36. The van der Waals surface area contributed by atoms with Crippen molar-refractivity contribution in [2.45, 2.75) is 19.5 Å². The van der Waals surface area contributed by atoms with Crippen LogP contribution in [0.2, 0.25) is 0 Å². The van der Waals surface area contributed by atoms with Crippen LogP contribution in [0, 0.1) is 0 Å². The summed E-state index contributed by atoms with van der Waals surface area (Å²) < 4.78 is 1.58. The molecule has 3 heterocycles. The lowest BCUT2D eigenvalue weighted by molar-refractivity contribution is 0.242. The van der Waals surface area contributed by atoms with Crippen LogP contribution in [0.1, 0.15) is 16.8 Å². The predicted octanol–water partition coefficient (Wildman–Crippen LogP) is 1.65. The van der Waals surface area contributed by atoms with Gasteiger partial charge in [-0.05, 0) is 5.56 Å². The van der Waals surface area contributed by atoms with Gasteiger partial charge in [0.2, 0.25) is 0 Å². The lowest BCUT2D eigenvalue weighted by Gasteiger charge is -2.27.